The van der Waals surface area contributed by atoms with Crippen LogP contribution in [0.3, 0.4) is 0 Å². The van der Waals surface area contributed by atoms with Crippen molar-refractivity contribution in [2.75, 3.05) is 6.61 Å². The maximum atomic E-state index is 5.71. The van der Waals surface area contributed by atoms with Crippen molar-refractivity contribution in [1.29, 1.82) is 0 Å². The van der Waals surface area contributed by atoms with Crippen LogP contribution in [0.4, 0.5) is 0 Å². The molecule has 1 aromatic heterocycles. The van der Waals surface area contributed by atoms with Gasteiger partial charge < -0.3 is 10.1 Å². The van der Waals surface area contributed by atoms with Crippen LogP contribution in [-0.2, 0) is 26.6 Å². The van der Waals surface area contributed by atoms with E-state index in [9.17, 15) is 0 Å². The second kappa shape index (κ2) is 5.35. The van der Waals surface area contributed by atoms with E-state index in [4.69, 9.17) is 4.74 Å². The third-order valence-electron chi connectivity index (χ3n) is 3.22. The maximum absolute atomic E-state index is 5.71. The first kappa shape index (κ1) is 12.7. The molecule has 2 heterocycles. The first-order valence-electron chi connectivity index (χ1n) is 6.36. The van der Waals surface area contributed by atoms with Gasteiger partial charge in [0.2, 0.25) is 0 Å². The zero-order valence-corrected chi connectivity index (χ0v) is 12.4. The smallest absolute Gasteiger partial charge is 0.127 e. The van der Waals surface area contributed by atoms with E-state index in [1.165, 1.54) is 11.1 Å². The average molecular weight is 322 g/mol. The van der Waals surface area contributed by atoms with E-state index in [1.807, 2.05) is 24.0 Å². The highest BCUT2D eigenvalue weighted by Crippen LogP contribution is 2.32. The van der Waals surface area contributed by atoms with E-state index in [-0.39, 0.29) is 0 Å². The van der Waals surface area contributed by atoms with Crippen molar-refractivity contribution in [3.63, 3.8) is 0 Å². The molecule has 1 aromatic carbocycles. The van der Waals surface area contributed by atoms with Crippen LogP contribution in [0.5, 0.6) is 5.75 Å². The first-order chi connectivity index (χ1) is 9.22. The molecule has 3 rings (SSSR count). The molecule has 1 aliphatic rings. The van der Waals surface area contributed by atoms with E-state index in [0.717, 1.165) is 42.0 Å². The molecule has 0 radical (unpaired) electrons. The molecule has 0 amide bonds. The molecular formula is C14H16BrN3O. The third kappa shape index (κ3) is 2.82. The number of fused-ring (bicyclic) bond motifs is 1. The van der Waals surface area contributed by atoms with Crippen LogP contribution >= 0.6 is 15.9 Å². The minimum Gasteiger partial charge on any atom is -0.493 e. The minimum absolute atomic E-state index is 0.766. The number of aryl methyl sites for hydroxylation is 1. The molecule has 0 unspecified atom stereocenters. The standard InChI is InChI=1S/C14H16BrN3O/c1-18-4-2-13(17-18)9-16-8-11-7-12(15)6-10-3-5-19-14(10)11/h2,4,6-7,16H,3,5,8-9H2,1H3. The van der Waals surface area contributed by atoms with Crippen molar-refractivity contribution in [2.45, 2.75) is 19.5 Å². The lowest BCUT2D eigenvalue weighted by molar-refractivity contribution is 0.352. The van der Waals surface area contributed by atoms with Gasteiger partial charge in [-0.2, -0.15) is 5.10 Å². The molecule has 0 aliphatic carbocycles. The number of nitrogens with one attached hydrogen (secondary N) is 1. The van der Waals surface area contributed by atoms with Gasteiger partial charge in [-0.3, -0.25) is 4.68 Å². The van der Waals surface area contributed by atoms with Crippen LogP contribution in [0.2, 0.25) is 0 Å². The fourth-order valence-electron chi connectivity index (χ4n) is 2.36. The zero-order valence-electron chi connectivity index (χ0n) is 10.8. The van der Waals surface area contributed by atoms with Crippen LogP contribution in [0.1, 0.15) is 16.8 Å². The molecule has 19 heavy (non-hydrogen) atoms. The second-order valence-electron chi connectivity index (χ2n) is 4.74. The molecule has 4 nitrogen and oxygen atoms in total. The van der Waals surface area contributed by atoms with Gasteiger partial charge in [-0.05, 0) is 23.8 Å². The Labute approximate surface area is 120 Å². The Bertz CT molecular complexity index is 594. The number of benzene rings is 1. The highest BCUT2D eigenvalue weighted by molar-refractivity contribution is 9.10. The lowest BCUT2D eigenvalue weighted by Crippen LogP contribution is -2.14. The summed E-state index contributed by atoms with van der Waals surface area (Å²) in [6, 6.07) is 6.29. The van der Waals surface area contributed by atoms with Gasteiger partial charge in [-0.15, -0.1) is 0 Å². The van der Waals surface area contributed by atoms with E-state index in [2.05, 4.69) is 38.5 Å². The van der Waals surface area contributed by atoms with E-state index in [1.54, 1.807) is 0 Å². The van der Waals surface area contributed by atoms with Crippen LogP contribution in [0.15, 0.2) is 28.9 Å². The van der Waals surface area contributed by atoms with Crippen molar-refractivity contribution in [3.8, 4) is 5.75 Å². The lowest BCUT2D eigenvalue weighted by atomic mass is 10.1. The van der Waals surface area contributed by atoms with E-state index >= 15 is 0 Å². The summed E-state index contributed by atoms with van der Waals surface area (Å²) in [4.78, 5) is 0. The van der Waals surface area contributed by atoms with E-state index in [0.29, 0.717) is 0 Å². The van der Waals surface area contributed by atoms with Gasteiger partial charge in [0.15, 0.2) is 0 Å². The second-order valence-corrected chi connectivity index (χ2v) is 5.65. The summed E-state index contributed by atoms with van der Waals surface area (Å²) in [5.74, 6) is 1.05. The molecule has 0 fully saturated rings. The number of nitrogens with zero attached hydrogens (tertiary/aromatic N) is 2. The summed E-state index contributed by atoms with van der Waals surface area (Å²) in [6.45, 7) is 2.35. The largest absolute Gasteiger partial charge is 0.493 e. The van der Waals surface area contributed by atoms with Crippen molar-refractivity contribution >= 4 is 15.9 Å². The predicted molar refractivity (Wildman–Crippen MR) is 77.1 cm³/mol. The van der Waals surface area contributed by atoms with Gasteiger partial charge >= 0.3 is 0 Å². The minimum atomic E-state index is 0.766. The SMILES string of the molecule is Cn1ccc(CNCc2cc(Br)cc3c2OCC3)n1. The summed E-state index contributed by atoms with van der Waals surface area (Å²) in [7, 11) is 1.93. The van der Waals surface area contributed by atoms with Gasteiger partial charge in [0, 0.05) is 42.8 Å². The highest BCUT2D eigenvalue weighted by Gasteiger charge is 2.17. The average Bonchev–Trinajstić information content (AvgIpc) is 2.98. The number of aromatic nitrogens is 2. The predicted octanol–water partition coefficient (Wildman–Crippen LogP) is 2.41. The van der Waals surface area contributed by atoms with Crippen molar-refractivity contribution in [1.82, 2.24) is 15.1 Å². The molecular weight excluding hydrogens is 306 g/mol. The summed E-state index contributed by atoms with van der Waals surface area (Å²) in [6.07, 6.45) is 2.96. The number of ether oxygens (including phenoxy) is 1. The molecule has 100 valence electrons. The molecule has 0 atom stereocenters. The number of rotatable bonds is 4. The lowest BCUT2D eigenvalue weighted by Gasteiger charge is -2.09. The van der Waals surface area contributed by atoms with Crippen LogP contribution < -0.4 is 10.1 Å². The number of halogens is 1. The van der Waals surface area contributed by atoms with Crippen molar-refractivity contribution < 1.29 is 4.74 Å². The number of hydrogen-bond acceptors (Lipinski definition) is 3. The van der Waals surface area contributed by atoms with Crippen LogP contribution in [0.25, 0.3) is 0 Å². The molecule has 0 saturated heterocycles. The molecule has 1 N–H and O–H groups in total. The van der Waals surface area contributed by atoms with Gasteiger partial charge in [-0.1, -0.05) is 15.9 Å². The maximum Gasteiger partial charge on any atom is 0.127 e. The Hall–Kier alpha value is -1.33. The first-order valence-corrected chi connectivity index (χ1v) is 7.15. The third-order valence-corrected chi connectivity index (χ3v) is 3.67. The highest BCUT2D eigenvalue weighted by atomic mass is 79.9. The monoisotopic (exact) mass is 321 g/mol. The normalized spacial score (nSPS) is 13.4. The Kier molecular flexibility index (Phi) is 3.57. The summed E-state index contributed by atoms with van der Waals surface area (Å²) in [5, 5.41) is 7.76. The Morgan fingerprint density at radius 2 is 2.32 bits per heavy atom. The Balaban J connectivity index is 1.67. The quantitative estimate of drug-likeness (QED) is 0.940. The van der Waals surface area contributed by atoms with Crippen LogP contribution in [-0.4, -0.2) is 16.4 Å². The topological polar surface area (TPSA) is 39.1 Å². The summed E-state index contributed by atoms with van der Waals surface area (Å²) < 4.78 is 8.64. The molecule has 1 aliphatic heterocycles. The van der Waals surface area contributed by atoms with Gasteiger partial charge in [0.25, 0.3) is 0 Å². The van der Waals surface area contributed by atoms with E-state index < -0.39 is 0 Å². The summed E-state index contributed by atoms with van der Waals surface area (Å²) >= 11 is 3.56. The molecule has 5 heteroatoms. The van der Waals surface area contributed by atoms with Crippen LogP contribution in [0, 0.1) is 0 Å². The molecule has 2 aromatic rings. The molecule has 0 spiro atoms. The summed E-state index contributed by atoms with van der Waals surface area (Å²) in [5.41, 5.74) is 3.55. The Morgan fingerprint density at radius 1 is 1.42 bits per heavy atom. The number of hydrogen-bond donors (Lipinski definition) is 1. The van der Waals surface area contributed by atoms with Crippen molar-refractivity contribution in [3.05, 3.63) is 45.7 Å². The fourth-order valence-corrected chi connectivity index (χ4v) is 2.91. The Morgan fingerprint density at radius 3 is 3.11 bits per heavy atom. The molecule has 0 saturated carbocycles. The van der Waals surface area contributed by atoms with Gasteiger partial charge in [-0.25, -0.2) is 0 Å². The zero-order chi connectivity index (χ0) is 13.2. The fraction of sp³-hybridized carbons (Fsp3) is 0.357. The van der Waals surface area contributed by atoms with Crippen molar-refractivity contribution in [2.24, 2.45) is 7.05 Å². The van der Waals surface area contributed by atoms with Gasteiger partial charge in [0.1, 0.15) is 5.75 Å². The van der Waals surface area contributed by atoms with Gasteiger partial charge in [0.05, 0.1) is 12.3 Å². The molecule has 0 bridgehead atoms.